The summed E-state index contributed by atoms with van der Waals surface area (Å²) in [5.74, 6) is 0.904. The lowest BCUT2D eigenvalue weighted by Gasteiger charge is -2.34. The van der Waals surface area contributed by atoms with Crippen LogP contribution in [-0.4, -0.2) is 56.4 Å². The molecule has 0 amide bonds. The molecule has 3 rings (SSSR count). The van der Waals surface area contributed by atoms with E-state index in [9.17, 15) is 0 Å². The lowest BCUT2D eigenvalue weighted by Crippen LogP contribution is -2.41. The van der Waals surface area contributed by atoms with Gasteiger partial charge in [-0.1, -0.05) is 12.1 Å². The molecule has 5 nitrogen and oxygen atoms in total. The van der Waals surface area contributed by atoms with Gasteiger partial charge in [0.05, 0.1) is 12.6 Å². The number of ether oxygens (including phenoxy) is 1. The zero-order chi connectivity index (χ0) is 19.8. The molecule has 1 unspecified atom stereocenters. The second kappa shape index (κ2) is 10.4. The van der Waals surface area contributed by atoms with E-state index < -0.39 is 0 Å². The van der Waals surface area contributed by atoms with E-state index in [0.29, 0.717) is 0 Å². The van der Waals surface area contributed by atoms with E-state index in [0.717, 1.165) is 45.1 Å². The third-order valence-electron chi connectivity index (χ3n) is 5.90. The fourth-order valence-electron chi connectivity index (χ4n) is 3.97. The van der Waals surface area contributed by atoms with Crippen LogP contribution in [0.5, 0.6) is 0 Å². The van der Waals surface area contributed by atoms with Crippen molar-refractivity contribution in [3.05, 3.63) is 29.8 Å². The highest BCUT2D eigenvalue weighted by molar-refractivity contribution is 8.00. The highest BCUT2D eigenvalue weighted by Crippen LogP contribution is 2.34. The van der Waals surface area contributed by atoms with E-state index in [2.05, 4.69) is 59.9 Å². The topological polar surface area (TPSA) is 48.9 Å². The molecule has 2 aliphatic heterocycles. The predicted octanol–water partition coefficient (Wildman–Crippen LogP) is 3.82. The molecule has 1 aromatic carbocycles. The Kier molecular flexibility index (Phi) is 7.91. The van der Waals surface area contributed by atoms with Crippen molar-refractivity contribution in [2.75, 3.05) is 50.5 Å². The second-order valence-electron chi connectivity index (χ2n) is 7.85. The molecule has 6 heteroatoms. The van der Waals surface area contributed by atoms with Gasteiger partial charge < -0.3 is 20.3 Å². The van der Waals surface area contributed by atoms with Gasteiger partial charge in [0, 0.05) is 43.3 Å². The number of thioether (sulfide) groups is 1. The van der Waals surface area contributed by atoms with Crippen molar-refractivity contribution in [1.82, 2.24) is 10.6 Å². The minimum Gasteiger partial charge on any atom is -0.381 e. The summed E-state index contributed by atoms with van der Waals surface area (Å²) in [6.07, 6.45) is 6.96. The minimum atomic E-state index is 0.208. The van der Waals surface area contributed by atoms with Crippen molar-refractivity contribution in [2.24, 2.45) is 4.99 Å². The van der Waals surface area contributed by atoms with Crippen LogP contribution in [-0.2, 0) is 4.74 Å². The number of aliphatic imine (C=N–C) groups is 1. The van der Waals surface area contributed by atoms with Crippen molar-refractivity contribution >= 4 is 23.4 Å². The maximum atomic E-state index is 5.56. The van der Waals surface area contributed by atoms with Crippen LogP contribution >= 0.6 is 11.8 Å². The molecule has 0 aliphatic carbocycles. The molecular formula is C22H36N4OS. The van der Waals surface area contributed by atoms with Gasteiger partial charge in [-0.3, -0.25) is 4.99 Å². The van der Waals surface area contributed by atoms with Gasteiger partial charge in [0.2, 0.25) is 0 Å². The van der Waals surface area contributed by atoms with Crippen LogP contribution in [0.4, 0.5) is 5.69 Å². The molecule has 0 aromatic heterocycles. The molecule has 0 radical (unpaired) electrons. The lowest BCUT2D eigenvalue weighted by atomic mass is 9.99. The fraction of sp³-hybridized carbons (Fsp3) is 0.682. The monoisotopic (exact) mass is 404 g/mol. The largest absolute Gasteiger partial charge is 0.381 e. The van der Waals surface area contributed by atoms with E-state index in [1.54, 1.807) is 0 Å². The standard InChI is InChI=1S/C22H36N4OS/c1-4-23-21(24-17-22(28-3)10-14-27-15-11-22)25-18(2)19-8-7-9-20(16-19)26-12-5-6-13-26/h7-9,16,18H,4-6,10-15,17H2,1-3H3,(H2,23,24,25). The number of nitrogens with zero attached hydrogens (tertiary/aromatic N) is 2. The van der Waals surface area contributed by atoms with Crippen LogP contribution in [0.15, 0.2) is 29.3 Å². The fourth-order valence-corrected chi connectivity index (χ4v) is 4.74. The van der Waals surface area contributed by atoms with Gasteiger partial charge in [-0.05, 0) is 63.5 Å². The summed E-state index contributed by atoms with van der Waals surface area (Å²) in [7, 11) is 0. The summed E-state index contributed by atoms with van der Waals surface area (Å²) in [5.41, 5.74) is 2.65. The number of hydrogen-bond donors (Lipinski definition) is 2. The maximum Gasteiger partial charge on any atom is 0.191 e. The molecule has 2 aliphatic rings. The number of rotatable bonds is 7. The Hall–Kier alpha value is -1.40. The van der Waals surface area contributed by atoms with Gasteiger partial charge >= 0.3 is 0 Å². The summed E-state index contributed by atoms with van der Waals surface area (Å²) in [6.45, 7) is 10.1. The molecule has 1 atom stereocenters. The van der Waals surface area contributed by atoms with E-state index in [1.807, 2.05) is 11.8 Å². The predicted molar refractivity (Wildman–Crippen MR) is 122 cm³/mol. The Morgan fingerprint density at radius 2 is 2.04 bits per heavy atom. The van der Waals surface area contributed by atoms with Crippen LogP contribution < -0.4 is 15.5 Å². The average molecular weight is 405 g/mol. The molecule has 0 bridgehead atoms. The quantitative estimate of drug-likeness (QED) is 0.534. The second-order valence-corrected chi connectivity index (χ2v) is 9.12. The molecule has 0 spiro atoms. The molecule has 156 valence electrons. The van der Waals surface area contributed by atoms with Crippen LogP contribution in [0, 0.1) is 0 Å². The molecule has 1 aromatic rings. The smallest absolute Gasteiger partial charge is 0.191 e. The van der Waals surface area contributed by atoms with E-state index >= 15 is 0 Å². The number of nitrogens with one attached hydrogen (secondary N) is 2. The van der Waals surface area contributed by atoms with E-state index in [1.165, 1.54) is 37.2 Å². The Morgan fingerprint density at radius 3 is 2.71 bits per heavy atom. The number of hydrogen-bond acceptors (Lipinski definition) is 4. The van der Waals surface area contributed by atoms with Crippen molar-refractivity contribution in [1.29, 1.82) is 0 Å². The highest BCUT2D eigenvalue weighted by atomic mass is 32.2. The van der Waals surface area contributed by atoms with Crippen LogP contribution in [0.1, 0.15) is 51.1 Å². The average Bonchev–Trinajstić information content (AvgIpc) is 3.28. The number of benzene rings is 1. The van der Waals surface area contributed by atoms with Gasteiger partial charge in [0.15, 0.2) is 5.96 Å². The van der Waals surface area contributed by atoms with E-state index in [4.69, 9.17) is 9.73 Å². The van der Waals surface area contributed by atoms with Crippen molar-refractivity contribution in [2.45, 2.75) is 50.3 Å². The molecule has 2 heterocycles. The molecule has 0 saturated carbocycles. The summed E-state index contributed by atoms with van der Waals surface area (Å²) >= 11 is 1.94. The summed E-state index contributed by atoms with van der Waals surface area (Å²) < 4.78 is 5.77. The minimum absolute atomic E-state index is 0.208. The SMILES string of the molecule is CCNC(=NCC1(SC)CCOCC1)NC(C)c1cccc(N2CCCC2)c1. The third-order valence-corrected chi connectivity index (χ3v) is 7.30. The van der Waals surface area contributed by atoms with Gasteiger partial charge in [0.1, 0.15) is 0 Å². The Labute approximate surface area is 174 Å². The first kappa shape index (κ1) is 21.3. The van der Waals surface area contributed by atoms with Gasteiger partial charge in [-0.2, -0.15) is 11.8 Å². The lowest BCUT2D eigenvalue weighted by molar-refractivity contribution is 0.0794. The summed E-state index contributed by atoms with van der Waals surface area (Å²) in [6, 6.07) is 9.15. The van der Waals surface area contributed by atoms with Gasteiger partial charge in [0.25, 0.3) is 0 Å². The van der Waals surface area contributed by atoms with Crippen molar-refractivity contribution in [3.63, 3.8) is 0 Å². The molecule has 28 heavy (non-hydrogen) atoms. The van der Waals surface area contributed by atoms with Crippen LogP contribution in [0.3, 0.4) is 0 Å². The maximum absolute atomic E-state index is 5.56. The summed E-state index contributed by atoms with van der Waals surface area (Å²) in [5, 5.41) is 7.03. The first-order chi connectivity index (χ1) is 13.7. The molecular weight excluding hydrogens is 368 g/mol. The Balaban J connectivity index is 1.66. The first-order valence-corrected chi connectivity index (χ1v) is 11.9. The van der Waals surface area contributed by atoms with Gasteiger partial charge in [-0.15, -0.1) is 0 Å². The molecule has 2 saturated heterocycles. The Bertz CT molecular complexity index is 639. The third kappa shape index (κ3) is 5.57. The Morgan fingerprint density at radius 1 is 1.29 bits per heavy atom. The zero-order valence-corrected chi connectivity index (χ0v) is 18.5. The van der Waals surface area contributed by atoms with Crippen LogP contribution in [0.2, 0.25) is 0 Å². The highest BCUT2D eigenvalue weighted by Gasteiger charge is 2.31. The molecule has 2 N–H and O–H groups in total. The first-order valence-electron chi connectivity index (χ1n) is 10.7. The van der Waals surface area contributed by atoms with Gasteiger partial charge in [-0.25, -0.2) is 0 Å². The number of anilines is 1. The van der Waals surface area contributed by atoms with Crippen molar-refractivity contribution < 1.29 is 4.74 Å². The summed E-state index contributed by atoms with van der Waals surface area (Å²) in [4.78, 5) is 7.44. The van der Waals surface area contributed by atoms with E-state index in [-0.39, 0.29) is 10.8 Å². The molecule has 2 fully saturated rings. The zero-order valence-electron chi connectivity index (χ0n) is 17.7. The van der Waals surface area contributed by atoms with Crippen molar-refractivity contribution in [3.8, 4) is 0 Å². The van der Waals surface area contributed by atoms with Crippen LogP contribution in [0.25, 0.3) is 0 Å². The normalized spacial score (nSPS) is 20.8. The number of guanidine groups is 1.